The lowest BCUT2D eigenvalue weighted by Gasteiger charge is -2.49. The molecule has 0 saturated heterocycles. The second kappa shape index (κ2) is 5.22. The molecular formula is C16H25N. The first kappa shape index (κ1) is 12.6. The average molecular weight is 231 g/mol. The van der Waals surface area contributed by atoms with Gasteiger partial charge in [0.05, 0.1) is 0 Å². The zero-order valence-electron chi connectivity index (χ0n) is 11.2. The van der Waals surface area contributed by atoms with Crippen molar-refractivity contribution in [2.75, 3.05) is 0 Å². The van der Waals surface area contributed by atoms with E-state index in [1.807, 2.05) is 0 Å². The quantitative estimate of drug-likeness (QED) is 0.818. The van der Waals surface area contributed by atoms with Crippen molar-refractivity contribution in [2.45, 2.75) is 57.4 Å². The Morgan fingerprint density at radius 3 is 2.12 bits per heavy atom. The summed E-state index contributed by atoms with van der Waals surface area (Å²) in [7, 11) is 0. The van der Waals surface area contributed by atoms with E-state index in [2.05, 4.69) is 44.2 Å². The lowest BCUT2D eigenvalue weighted by molar-refractivity contribution is 0.147. The molecule has 94 valence electrons. The van der Waals surface area contributed by atoms with Crippen molar-refractivity contribution in [1.29, 1.82) is 0 Å². The van der Waals surface area contributed by atoms with Gasteiger partial charge in [-0.25, -0.2) is 0 Å². The molecule has 0 bridgehead atoms. The van der Waals surface area contributed by atoms with Crippen molar-refractivity contribution in [2.24, 2.45) is 11.7 Å². The maximum Gasteiger partial charge on any atom is 0.0165 e. The Morgan fingerprint density at radius 1 is 1.12 bits per heavy atom. The van der Waals surface area contributed by atoms with Gasteiger partial charge in [0.1, 0.15) is 0 Å². The molecule has 17 heavy (non-hydrogen) atoms. The molecule has 1 atom stereocenters. The summed E-state index contributed by atoms with van der Waals surface area (Å²) >= 11 is 0. The standard InChI is InChI=1S/C16H25N/c1-3-13(4-2)15(17)16(11-8-12-16)14-9-6-5-7-10-14/h5-7,9-10,13,15H,3-4,8,11-12,17H2,1-2H3. The van der Waals surface area contributed by atoms with E-state index in [0.717, 1.165) is 0 Å². The van der Waals surface area contributed by atoms with Gasteiger partial charge in [-0.05, 0) is 24.3 Å². The van der Waals surface area contributed by atoms with Crippen LogP contribution in [0.2, 0.25) is 0 Å². The Labute approximate surface area is 105 Å². The van der Waals surface area contributed by atoms with Crippen molar-refractivity contribution in [3.8, 4) is 0 Å². The maximum atomic E-state index is 6.61. The van der Waals surface area contributed by atoms with Gasteiger partial charge in [-0.1, -0.05) is 63.4 Å². The summed E-state index contributed by atoms with van der Waals surface area (Å²) in [6.07, 6.45) is 6.28. The van der Waals surface area contributed by atoms with Crippen LogP contribution in [0.1, 0.15) is 51.5 Å². The normalized spacial score (nSPS) is 20.0. The highest BCUT2D eigenvalue weighted by atomic mass is 14.7. The lowest BCUT2D eigenvalue weighted by atomic mass is 9.57. The van der Waals surface area contributed by atoms with Crippen LogP contribution in [0, 0.1) is 5.92 Å². The van der Waals surface area contributed by atoms with E-state index in [9.17, 15) is 0 Å². The molecule has 1 nitrogen and oxygen atoms in total. The van der Waals surface area contributed by atoms with Gasteiger partial charge in [0.2, 0.25) is 0 Å². The smallest absolute Gasteiger partial charge is 0.0165 e. The largest absolute Gasteiger partial charge is 0.327 e. The summed E-state index contributed by atoms with van der Waals surface area (Å²) in [5.74, 6) is 0.663. The third-order valence-corrected chi connectivity index (χ3v) is 4.79. The lowest BCUT2D eigenvalue weighted by Crippen LogP contribution is -2.53. The zero-order valence-corrected chi connectivity index (χ0v) is 11.2. The average Bonchev–Trinajstić information content (AvgIpc) is 2.31. The third kappa shape index (κ3) is 2.13. The molecule has 0 aromatic heterocycles. The summed E-state index contributed by atoms with van der Waals surface area (Å²) in [6, 6.07) is 11.2. The monoisotopic (exact) mass is 231 g/mol. The van der Waals surface area contributed by atoms with Crippen molar-refractivity contribution in [3.63, 3.8) is 0 Å². The fourth-order valence-electron chi connectivity index (χ4n) is 3.39. The van der Waals surface area contributed by atoms with Gasteiger partial charge >= 0.3 is 0 Å². The van der Waals surface area contributed by atoms with E-state index in [1.165, 1.54) is 37.7 Å². The Balaban J connectivity index is 2.26. The summed E-state index contributed by atoms with van der Waals surface area (Å²) in [5, 5.41) is 0. The maximum absolute atomic E-state index is 6.61. The predicted octanol–water partition coefficient (Wildman–Crippen LogP) is 3.87. The van der Waals surface area contributed by atoms with Gasteiger partial charge < -0.3 is 5.73 Å². The molecule has 2 rings (SSSR count). The van der Waals surface area contributed by atoms with Crippen LogP contribution >= 0.6 is 0 Å². The van der Waals surface area contributed by atoms with Crippen LogP contribution in [0.4, 0.5) is 0 Å². The highest BCUT2D eigenvalue weighted by molar-refractivity contribution is 5.30. The minimum absolute atomic E-state index is 0.276. The van der Waals surface area contributed by atoms with Crippen LogP contribution in [0.25, 0.3) is 0 Å². The molecule has 1 aromatic rings. The number of nitrogens with two attached hydrogens (primary N) is 1. The van der Waals surface area contributed by atoms with Crippen LogP contribution in [-0.2, 0) is 5.41 Å². The fourth-order valence-corrected chi connectivity index (χ4v) is 3.39. The van der Waals surface area contributed by atoms with Gasteiger partial charge in [-0.3, -0.25) is 0 Å². The van der Waals surface area contributed by atoms with Gasteiger partial charge in [0.25, 0.3) is 0 Å². The minimum atomic E-state index is 0.276. The van der Waals surface area contributed by atoms with Crippen molar-refractivity contribution in [1.82, 2.24) is 0 Å². The van der Waals surface area contributed by atoms with Gasteiger partial charge in [-0.15, -0.1) is 0 Å². The molecule has 1 unspecified atom stereocenters. The molecule has 0 heterocycles. The second-order valence-corrected chi connectivity index (χ2v) is 5.48. The van der Waals surface area contributed by atoms with E-state index in [1.54, 1.807) is 0 Å². The molecule has 0 spiro atoms. The predicted molar refractivity (Wildman–Crippen MR) is 74.0 cm³/mol. The molecule has 2 N–H and O–H groups in total. The highest BCUT2D eigenvalue weighted by Crippen LogP contribution is 2.48. The molecule has 1 aliphatic rings. The Hall–Kier alpha value is -0.820. The molecule has 1 aromatic carbocycles. The van der Waals surface area contributed by atoms with Crippen molar-refractivity contribution < 1.29 is 0 Å². The van der Waals surface area contributed by atoms with E-state index < -0.39 is 0 Å². The minimum Gasteiger partial charge on any atom is -0.327 e. The first-order valence-electron chi connectivity index (χ1n) is 7.05. The Morgan fingerprint density at radius 2 is 1.71 bits per heavy atom. The summed E-state index contributed by atoms with van der Waals surface area (Å²) in [4.78, 5) is 0. The summed E-state index contributed by atoms with van der Waals surface area (Å²) < 4.78 is 0. The number of rotatable bonds is 5. The number of benzene rings is 1. The molecule has 0 aliphatic heterocycles. The Kier molecular flexibility index (Phi) is 3.88. The molecule has 1 fully saturated rings. The molecule has 1 aliphatic carbocycles. The molecule has 0 amide bonds. The van der Waals surface area contributed by atoms with Crippen LogP contribution in [0.3, 0.4) is 0 Å². The van der Waals surface area contributed by atoms with Crippen LogP contribution in [0.15, 0.2) is 30.3 Å². The first-order valence-corrected chi connectivity index (χ1v) is 7.05. The van der Waals surface area contributed by atoms with E-state index in [4.69, 9.17) is 5.73 Å². The van der Waals surface area contributed by atoms with Gasteiger partial charge in [0, 0.05) is 11.5 Å². The van der Waals surface area contributed by atoms with Crippen LogP contribution in [-0.4, -0.2) is 6.04 Å². The molecule has 0 radical (unpaired) electrons. The first-order chi connectivity index (χ1) is 8.24. The SMILES string of the molecule is CCC(CC)C(N)C1(c2ccccc2)CCC1. The fraction of sp³-hybridized carbons (Fsp3) is 0.625. The van der Waals surface area contributed by atoms with Crippen LogP contribution < -0.4 is 5.73 Å². The molecular weight excluding hydrogens is 206 g/mol. The van der Waals surface area contributed by atoms with E-state index in [-0.39, 0.29) is 5.41 Å². The summed E-state index contributed by atoms with van der Waals surface area (Å²) in [5.41, 5.74) is 8.35. The number of hydrogen-bond donors (Lipinski definition) is 1. The summed E-state index contributed by atoms with van der Waals surface area (Å²) in [6.45, 7) is 4.54. The van der Waals surface area contributed by atoms with E-state index >= 15 is 0 Å². The Bertz CT molecular complexity index is 336. The number of hydrogen-bond acceptors (Lipinski definition) is 1. The zero-order chi connectivity index (χ0) is 12.3. The molecule has 1 saturated carbocycles. The molecule has 1 heteroatoms. The second-order valence-electron chi connectivity index (χ2n) is 5.48. The van der Waals surface area contributed by atoms with Gasteiger partial charge in [0.15, 0.2) is 0 Å². The topological polar surface area (TPSA) is 26.0 Å². The van der Waals surface area contributed by atoms with Crippen molar-refractivity contribution in [3.05, 3.63) is 35.9 Å². The van der Waals surface area contributed by atoms with Crippen molar-refractivity contribution >= 4 is 0 Å². The van der Waals surface area contributed by atoms with Gasteiger partial charge in [-0.2, -0.15) is 0 Å². The van der Waals surface area contributed by atoms with E-state index in [0.29, 0.717) is 12.0 Å². The third-order valence-electron chi connectivity index (χ3n) is 4.79. The highest BCUT2D eigenvalue weighted by Gasteiger charge is 2.45. The van der Waals surface area contributed by atoms with Crippen LogP contribution in [0.5, 0.6) is 0 Å².